The Hall–Kier alpha value is -0.560. The smallest absolute Gasteiger partial charge is 0.164 e. The van der Waals surface area contributed by atoms with Crippen LogP contribution in [0.15, 0.2) is 30.5 Å². The minimum atomic E-state index is 0.487. The van der Waals surface area contributed by atoms with Crippen molar-refractivity contribution in [3.63, 3.8) is 0 Å². The molecule has 7 heteroatoms. The van der Waals surface area contributed by atoms with Gasteiger partial charge in [-0.05, 0) is 46.9 Å². The van der Waals surface area contributed by atoms with Crippen LogP contribution in [0.1, 0.15) is 5.82 Å². The van der Waals surface area contributed by atoms with Gasteiger partial charge in [0.25, 0.3) is 0 Å². The van der Waals surface area contributed by atoms with Crippen LogP contribution in [-0.4, -0.2) is 20.4 Å². The van der Waals surface area contributed by atoms with Gasteiger partial charge >= 0.3 is 0 Å². The van der Waals surface area contributed by atoms with E-state index in [9.17, 15) is 0 Å². The predicted octanol–water partition coefficient (Wildman–Crippen LogP) is 5.11. The van der Waals surface area contributed by atoms with Crippen molar-refractivity contribution >= 4 is 68.6 Å². The molecule has 21 heavy (non-hydrogen) atoms. The van der Waals surface area contributed by atoms with E-state index in [0.717, 1.165) is 26.2 Å². The van der Waals surface area contributed by atoms with E-state index in [1.807, 2.05) is 22.8 Å². The zero-order chi connectivity index (χ0) is 15.0. The minimum absolute atomic E-state index is 0.487. The maximum atomic E-state index is 6.03. The van der Waals surface area contributed by atoms with E-state index >= 15 is 0 Å². The van der Waals surface area contributed by atoms with Gasteiger partial charge in [-0.15, -0.1) is 11.6 Å². The maximum Gasteiger partial charge on any atom is 0.164 e. The van der Waals surface area contributed by atoms with Crippen molar-refractivity contribution in [1.82, 2.24) is 14.5 Å². The average Bonchev–Trinajstić information content (AvgIpc) is 2.76. The summed E-state index contributed by atoms with van der Waals surface area (Å²) in [7, 11) is 0. The van der Waals surface area contributed by atoms with E-state index < -0.39 is 0 Å². The number of imidazole rings is 1. The number of alkyl halides is 1. The van der Waals surface area contributed by atoms with Crippen LogP contribution < -0.4 is 0 Å². The zero-order valence-electron chi connectivity index (χ0n) is 10.7. The van der Waals surface area contributed by atoms with Crippen LogP contribution in [0.25, 0.3) is 16.9 Å². The van der Waals surface area contributed by atoms with Gasteiger partial charge in [-0.2, -0.15) is 0 Å². The van der Waals surface area contributed by atoms with Crippen molar-refractivity contribution in [2.45, 2.75) is 6.42 Å². The molecule has 0 spiro atoms. The van der Waals surface area contributed by atoms with Crippen LogP contribution in [0.3, 0.4) is 0 Å². The van der Waals surface area contributed by atoms with Gasteiger partial charge in [0.05, 0.1) is 10.7 Å². The molecule has 0 fully saturated rings. The molecule has 108 valence electrons. The highest BCUT2D eigenvalue weighted by Gasteiger charge is 2.15. The first kappa shape index (κ1) is 15.3. The lowest BCUT2D eigenvalue weighted by Crippen LogP contribution is -2.04. The Morgan fingerprint density at radius 3 is 2.67 bits per heavy atom. The first-order chi connectivity index (χ1) is 10.1. The molecule has 0 aliphatic carbocycles. The lowest BCUT2D eigenvalue weighted by atomic mass is 10.3. The molecule has 2 heterocycles. The number of benzene rings is 1. The molecule has 2 aromatic heterocycles. The van der Waals surface area contributed by atoms with E-state index in [1.165, 1.54) is 0 Å². The second-order valence-corrected chi connectivity index (χ2v) is 6.81. The van der Waals surface area contributed by atoms with Gasteiger partial charge in [0.2, 0.25) is 0 Å². The molecule has 0 N–H and O–H groups in total. The Labute approximate surface area is 150 Å². The molecule has 3 nitrogen and oxygen atoms in total. The Bertz CT molecular complexity index is 817. The normalized spacial score (nSPS) is 11.2. The number of aromatic nitrogens is 3. The number of hydrogen-bond donors (Lipinski definition) is 0. The van der Waals surface area contributed by atoms with E-state index in [1.54, 1.807) is 12.3 Å². The zero-order valence-corrected chi connectivity index (χ0v) is 15.1. The number of aryl methyl sites for hydroxylation is 1. The third-order valence-corrected chi connectivity index (χ3v) is 4.50. The number of hydrogen-bond acceptors (Lipinski definition) is 2. The van der Waals surface area contributed by atoms with Crippen LogP contribution in [0.4, 0.5) is 0 Å². The molecule has 0 unspecified atom stereocenters. The molecule has 1 aromatic carbocycles. The molecule has 0 radical (unpaired) electrons. The summed E-state index contributed by atoms with van der Waals surface area (Å²) in [5, 5.41) is 1.26. The quantitative estimate of drug-likeness (QED) is 0.408. The van der Waals surface area contributed by atoms with E-state index in [0.29, 0.717) is 22.3 Å². The molecule has 0 aliphatic rings. The number of halogens is 4. The molecular weight excluding hydrogens is 443 g/mol. The van der Waals surface area contributed by atoms with Crippen LogP contribution in [0.5, 0.6) is 0 Å². The first-order valence-corrected chi connectivity index (χ1v) is 8.51. The number of fused-ring (bicyclic) bond motifs is 1. The highest BCUT2D eigenvalue weighted by Crippen LogP contribution is 2.27. The van der Waals surface area contributed by atoms with Crippen molar-refractivity contribution < 1.29 is 0 Å². The van der Waals surface area contributed by atoms with Gasteiger partial charge in [0.15, 0.2) is 5.65 Å². The lowest BCUT2D eigenvalue weighted by molar-refractivity contribution is 0.902. The van der Waals surface area contributed by atoms with Gasteiger partial charge in [-0.3, -0.25) is 4.57 Å². The van der Waals surface area contributed by atoms with Crippen LogP contribution in [0, 0.1) is 3.57 Å². The Morgan fingerprint density at radius 2 is 1.95 bits per heavy atom. The molecular formula is C14H9Cl3IN3. The fraction of sp³-hybridized carbons (Fsp3) is 0.143. The minimum Gasteiger partial charge on any atom is -0.280 e. The maximum absolute atomic E-state index is 6.03. The van der Waals surface area contributed by atoms with Crippen molar-refractivity contribution in [3.05, 3.63) is 49.9 Å². The van der Waals surface area contributed by atoms with E-state index in [4.69, 9.17) is 34.8 Å². The molecule has 3 aromatic rings. The molecule has 0 atom stereocenters. The second-order valence-electron chi connectivity index (χ2n) is 4.39. The number of nitrogens with zero attached hydrogens (tertiary/aromatic N) is 3. The fourth-order valence-corrected chi connectivity index (χ4v) is 3.59. The molecule has 0 aliphatic heterocycles. The summed E-state index contributed by atoms with van der Waals surface area (Å²) < 4.78 is 3.03. The monoisotopic (exact) mass is 451 g/mol. The van der Waals surface area contributed by atoms with Gasteiger partial charge in [0.1, 0.15) is 11.3 Å². The third kappa shape index (κ3) is 2.99. The van der Waals surface area contributed by atoms with Crippen LogP contribution in [0.2, 0.25) is 10.0 Å². The summed E-state index contributed by atoms with van der Waals surface area (Å²) >= 11 is 20.2. The van der Waals surface area contributed by atoms with Crippen molar-refractivity contribution in [2.75, 3.05) is 5.88 Å². The summed E-state index contributed by atoms with van der Waals surface area (Å²) in [5.74, 6) is 1.34. The largest absolute Gasteiger partial charge is 0.280 e. The van der Waals surface area contributed by atoms with Crippen molar-refractivity contribution in [1.29, 1.82) is 0 Å². The summed E-state index contributed by atoms with van der Waals surface area (Å²) in [6.07, 6.45) is 2.27. The topological polar surface area (TPSA) is 30.7 Å². The van der Waals surface area contributed by atoms with Gasteiger partial charge in [-0.25, -0.2) is 9.97 Å². The van der Waals surface area contributed by atoms with Crippen molar-refractivity contribution in [2.24, 2.45) is 0 Å². The third-order valence-electron chi connectivity index (χ3n) is 3.00. The summed E-state index contributed by atoms with van der Waals surface area (Å²) in [4.78, 5) is 9.01. The summed E-state index contributed by atoms with van der Waals surface area (Å²) in [5.41, 5.74) is 2.51. The predicted molar refractivity (Wildman–Crippen MR) is 96.0 cm³/mol. The highest BCUT2D eigenvalue weighted by atomic mass is 127. The molecule has 3 rings (SSSR count). The van der Waals surface area contributed by atoms with Gasteiger partial charge < -0.3 is 0 Å². The fourth-order valence-electron chi connectivity index (χ4n) is 2.16. The Morgan fingerprint density at radius 1 is 1.14 bits per heavy atom. The second kappa shape index (κ2) is 6.28. The SMILES string of the molecule is ClCCc1nc2cc(Cl)cnc2n1-c1ccc(Cl)cc1I. The summed E-state index contributed by atoms with van der Waals surface area (Å²) in [6.45, 7) is 0. The van der Waals surface area contributed by atoms with Crippen LogP contribution >= 0.6 is 57.4 Å². The van der Waals surface area contributed by atoms with E-state index in [2.05, 4.69) is 32.6 Å². The standard InChI is InChI=1S/C14H9Cl3IN3/c15-4-3-13-20-11-6-9(17)7-19-14(11)21(13)12-2-1-8(16)5-10(12)18/h1-2,5-7H,3-4H2. The molecule has 0 bridgehead atoms. The Kier molecular flexibility index (Phi) is 4.59. The first-order valence-electron chi connectivity index (χ1n) is 6.14. The molecule has 0 amide bonds. The average molecular weight is 453 g/mol. The molecule has 0 saturated heterocycles. The van der Waals surface area contributed by atoms with E-state index in [-0.39, 0.29) is 0 Å². The Balaban J connectivity index is 2.30. The number of rotatable bonds is 3. The summed E-state index contributed by atoms with van der Waals surface area (Å²) in [6, 6.07) is 7.52. The highest BCUT2D eigenvalue weighted by molar-refractivity contribution is 14.1. The molecule has 0 saturated carbocycles. The lowest BCUT2D eigenvalue weighted by Gasteiger charge is -2.10. The number of pyridine rings is 1. The van der Waals surface area contributed by atoms with Gasteiger partial charge in [0, 0.05) is 27.1 Å². The van der Waals surface area contributed by atoms with Crippen LogP contribution in [-0.2, 0) is 6.42 Å². The van der Waals surface area contributed by atoms with Crippen molar-refractivity contribution in [3.8, 4) is 5.69 Å². The van der Waals surface area contributed by atoms with Gasteiger partial charge in [-0.1, -0.05) is 23.2 Å².